The fourth-order valence-electron chi connectivity index (χ4n) is 4.26. The maximum Gasteiger partial charge on any atom is 0.231 e. The van der Waals surface area contributed by atoms with Crippen molar-refractivity contribution in [3.8, 4) is 11.5 Å². The Morgan fingerprint density at radius 1 is 0.966 bits per heavy atom. The van der Waals surface area contributed by atoms with Gasteiger partial charge in [-0.05, 0) is 23.8 Å². The van der Waals surface area contributed by atoms with E-state index in [0.29, 0.717) is 13.3 Å². The first-order chi connectivity index (χ1) is 14.2. The van der Waals surface area contributed by atoms with Crippen LogP contribution in [0.4, 0.5) is 0 Å². The molecule has 0 aliphatic carbocycles. The number of carbonyl (C=O) groups is 1. The maximum absolute atomic E-state index is 12.9. The second-order valence-electron chi connectivity index (χ2n) is 7.83. The van der Waals surface area contributed by atoms with Crippen LogP contribution in [-0.2, 0) is 13.6 Å². The van der Waals surface area contributed by atoms with Crippen molar-refractivity contribution in [2.24, 2.45) is 7.05 Å². The Morgan fingerprint density at radius 2 is 1.72 bits per heavy atom. The van der Waals surface area contributed by atoms with E-state index in [1.807, 2.05) is 42.1 Å². The van der Waals surface area contributed by atoms with Crippen LogP contribution in [0.3, 0.4) is 0 Å². The van der Waals surface area contributed by atoms with Crippen molar-refractivity contribution in [2.45, 2.75) is 6.54 Å². The van der Waals surface area contributed by atoms with Gasteiger partial charge in [0.1, 0.15) is 0 Å². The van der Waals surface area contributed by atoms with Crippen LogP contribution in [-0.4, -0.2) is 59.7 Å². The van der Waals surface area contributed by atoms with Crippen LogP contribution >= 0.6 is 0 Å². The molecule has 0 amide bonds. The highest BCUT2D eigenvalue weighted by atomic mass is 16.7. The number of aromatic nitrogens is 1. The molecular weight excluding hydrogens is 366 g/mol. The van der Waals surface area contributed by atoms with Crippen molar-refractivity contribution in [1.82, 2.24) is 14.4 Å². The van der Waals surface area contributed by atoms with E-state index >= 15 is 0 Å². The molecule has 29 heavy (non-hydrogen) atoms. The van der Waals surface area contributed by atoms with Gasteiger partial charge in [-0.2, -0.15) is 0 Å². The van der Waals surface area contributed by atoms with Gasteiger partial charge in [0.15, 0.2) is 17.3 Å². The summed E-state index contributed by atoms with van der Waals surface area (Å²) in [6, 6.07) is 14.2. The third kappa shape index (κ3) is 3.61. The van der Waals surface area contributed by atoms with Gasteiger partial charge in [0, 0.05) is 62.4 Å². The number of para-hydroxylation sites is 1. The highest BCUT2D eigenvalue weighted by molar-refractivity contribution is 6.09. The number of piperazine rings is 1. The SMILES string of the molecule is Cn1cc(C(=O)CN2CCN(Cc3ccc4c(c3)OCO4)CC2)c2ccccc21. The number of ether oxygens (including phenoxy) is 2. The number of hydrogen-bond donors (Lipinski definition) is 0. The third-order valence-electron chi connectivity index (χ3n) is 5.87. The fourth-order valence-corrected chi connectivity index (χ4v) is 4.26. The molecule has 0 spiro atoms. The van der Waals surface area contributed by atoms with Crippen molar-refractivity contribution in [3.05, 3.63) is 59.8 Å². The zero-order valence-electron chi connectivity index (χ0n) is 16.6. The van der Waals surface area contributed by atoms with Gasteiger partial charge in [0.2, 0.25) is 6.79 Å². The summed E-state index contributed by atoms with van der Waals surface area (Å²) in [7, 11) is 1.99. The molecule has 0 radical (unpaired) electrons. The van der Waals surface area contributed by atoms with Crippen molar-refractivity contribution in [1.29, 1.82) is 0 Å². The van der Waals surface area contributed by atoms with Crippen molar-refractivity contribution in [3.63, 3.8) is 0 Å². The van der Waals surface area contributed by atoms with E-state index in [2.05, 4.69) is 28.0 Å². The smallest absolute Gasteiger partial charge is 0.231 e. The molecule has 1 saturated heterocycles. The van der Waals surface area contributed by atoms with Gasteiger partial charge in [0.25, 0.3) is 0 Å². The minimum atomic E-state index is 0.200. The molecule has 5 rings (SSSR count). The number of carbonyl (C=O) groups excluding carboxylic acids is 1. The Labute approximate surface area is 170 Å². The molecule has 2 aliphatic heterocycles. The molecular formula is C23H25N3O3. The summed E-state index contributed by atoms with van der Waals surface area (Å²) in [6.07, 6.45) is 1.96. The first-order valence-electron chi connectivity index (χ1n) is 10.1. The van der Waals surface area contributed by atoms with Gasteiger partial charge in [-0.15, -0.1) is 0 Å². The summed E-state index contributed by atoms with van der Waals surface area (Å²) < 4.78 is 12.9. The summed E-state index contributed by atoms with van der Waals surface area (Å²) >= 11 is 0. The van der Waals surface area contributed by atoms with E-state index in [-0.39, 0.29) is 5.78 Å². The van der Waals surface area contributed by atoms with Crippen molar-refractivity contribution < 1.29 is 14.3 Å². The molecule has 0 N–H and O–H groups in total. The molecule has 3 heterocycles. The Balaban J connectivity index is 1.18. The number of ketones is 1. The lowest BCUT2D eigenvalue weighted by Crippen LogP contribution is -2.47. The highest BCUT2D eigenvalue weighted by Crippen LogP contribution is 2.32. The molecule has 0 saturated carbocycles. The first kappa shape index (κ1) is 18.2. The first-order valence-corrected chi connectivity index (χ1v) is 10.1. The quantitative estimate of drug-likeness (QED) is 0.626. The van der Waals surface area contributed by atoms with E-state index in [0.717, 1.165) is 60.7 Å². The van der Waals surface area contributed by atoms with Crippen LogP contribution in [0.15, 0.2) is 48.7 Å². The normalized spacial score (nSPS) is 17.1. The topological polar surface area (TPSA) is 46.9 Å². The summed E-state index contributed by atoms with van der Waals surface area (Å²) in [5, 5.41) is 1.04. The third-order valence-corrected chi connectivity index (χ3v) is 5.87. The Kier molecular flexibility index (Phi) is 4.73. The van der Waals surface area contributed by atoms with Gasteiger partial charge in [0.05, 0.1) is 6.54 Å². The minimum Gasteiger partial charge on any atom is -0.454 e. The summed E-state index contributed by atoms with van der Waals surface area (Å²) in [5.74, 6) is 1.86. The Hall–Kier alpha value is -2.83. The highest BCUT2D eigenvalue weighted by Gasteiger charge is 2.22. The van der Waals surface area contributed by atoms with E-state index in [9.17, 15) is 4.79 Å². The molecule has 1 fully saturated rings. The Bertz CT molecular complexity index is 1050. The lowest BCUT2D eigenvalue weighted by atomic mass is 10.1. The number of rotatable bonds is 5. The number of aryl methyl sites for hydroxylation is 1. The van der Waals surface area contributed by atoms with Crippen LogP contribution < -0.4 is 9.47 Å². The van der Waals surface area contributed by atoms with Gasteiger partial charge < -0.3 is 14.0 Å². The minimum absolute atomic E-state index is 0.200. The van der Waals surface area contributed by atoms with Crippen LogP contribution in [0.1, 0.15) is 15.9 Å². The van der Waals surface area contributed by atoms with E-state index in [4.69, 9.17) is 9.47 Å². The second kappa shape index (κ2) is 7.54. The van der Waals surface area contributed by atoms with Crippen molar-refractivity contribution >= 4 is 16.7 Å². The summed E-state index contributed by atoms with van der Waals surface area (Å²) in [6.45, 7) is 5.40. The maximum atomic E-state index is 12.9. The van der Waals surface area contributed by atoms with Gasteiger partial charge >= 0.3 is 0 Å². The predicted octanol–water partition coefficient (Wildman–Crippen LogP) is 2.91. The molecule has 0 unspecified atom stereocenters. The average Bonchev–Trinajstić information content (AvgIpc) is 3.34. The molecule has 2 aliphatic rings. The average molecular weight is 391 g/mol. The van der Waals surface area contributed by atoms with E-state index in [1.165, 1.54) is 5.56 Å². The molecule has 6 nitrogen and oxygen atoms in total. The summed E-state index contributed by atoms with van der Waals surface area (Å²) in [4.78, 5) is 17.6. The number of fused-ring (bicyclic) bond motifs is 2. The second-order valence-corrected chi connectivity index (χ2v) is 7.83. The Morgan fingerprint density at radius 3 is 2.59 bits per heavy atom. The van der Waals surface area contributed by atoms with Crippen LogP contribution in [0, 0.1) is 0 Å². The van der Waals surface area contributed by atoms with Gasteiger partial charge in [-0.3, -0.25) is 14.6 Å². The van der Waals surface area contributed by atoms with E-state index in [1.54, 1.807) is 0 Å². The number of Topliss-reactive ketones (excluding diaryl/α,β-unsaturated/α-hetero) is 1. The van der Waals surface area contributed by atoms with Gasteiger partial charge in [-0.25, -0.2) is 0 Å². The lowest BCUT2D eigenvalue weighted by molar-refractivity contribution is 0.0845. The molecule has 0 bridgehead atoms. The number of benzene rings is 2. The molecule has 150 valence electrons. The standard InChI is InChI=1S/C23H25N3O3/c1-24-14-19(18-4-2-3-5-20(18)24)21(27)15-26-10-8-25(9-11-26)13-17-6-7-22-23(12-17)29-16-28-22/h2-7,12,14H,8-11,13,15-16H2,1H3. The largest absolute Gasteiger partial charge is 0.454 e. The fraction of sp³-hybridized carbons (Fsp3) is 0.348. The predicted molar refractivity (Wildman–Crippen MR) is 112 cm³/mol. The molecule has 0 atom stereocenters. The lowest BCUT2D eigenvalue weighted by Gasteiger charge is -2.34. The number of nitrogens with zero attached hydrogens (tertiary/aromatic N) is 3. The van der Waals surface area contributed by atoms with Crippen LogP contribution in [0.5, 0.6) is 11.5 Å². The zero-order valence-corrected chi connectivity index (χ0v) is 16.6. The molecule has 6 heteroatoms. The van der Waals surface area contributed by atoms with Gasteiger partial charge in [-0.1, -0.05) is 24.3 Å². The van der Waals surface area contributed by atoms with E-state index < -0.39 is 0 Å². The molecule has 3 aromatic rings. The molecule has 2 aromatic carbocycles. The van der Waals surface area contributed by atoms with Crippen molar-refractivity contribution in [2.75, 3.05) is 39.5 Å². The monoisotopic (exact) mass is 391 g/mol. The molecule has 1 aromatic heterocycles. The number of hydrogen-bond acceptors (Lipinski definition) is 5. The van der Waals surface area contributed by atoms with Crippen LogP contribution in [0.2, 0.25) is 0 Å². The zero-order chi connectivity index (χ0) is 19.8. The summed E-state index contributed by atoms with van der Waals surface area (Å²) in [5.41, 5.74) is 3.16. The van der Waals surface area contributed by atoms with Crippen LogP contribution in [0.25, 0.3) is 10.9 Å².